The zero-order chi connectivity index (χ0) is 16.5. The highest BCUT2D eigenvalue weighted by Crippen LogP contribution is 2.29. The lowest BCUT2D eigenvalue weighted by molar-refractivity contribution is 0.0240. The molecule has 0 atom stereocenters. The average molecular weight is 305 g/mol. The number of aryl methyl sites for hydroxylation is 1. The monoisotopic (exact) mass is 305 g/mol. The van der Waals surface area contributed by atoms with Crippen molar-refractivity contribution >= 4 is 17.5 Å². The predicted molar refractivity (Wildman–Crippen MR) is 90.3 cm³/mol. The van der Waals surface area contributed by atoms with Gasteiger partial charge in [-0.25, -0.2) is 4.79 Å². The molecular weight excluding hydrogens is 278 g/mol. The summed E-state index contributed by atoms with van der Waals surface area (Å²) in [6, 6.07) is 4.00. The van der Waals surface area contributed by atoms with Gasteiger partial charge in [-0.05, 0) is 51.8 Å². The molecule has 1 aliphatic heterocycles. The van der Waals surface area contributed by atoms with Crippen molar-refractivity contribution in [2.75, 3.05) is 36.8 Å². The van der Waals surface area contributed by atoms with Crippen LogP contribution in [0.15, 0.2) is 12.1 Å². The Morgan fingerprint density at radius 1 is 1.14 bits per heavy atom. The van der Waals surface area contributed by atoms with Gasteiger partial charge in [0.15, 0.2) is 0 Å². The molecule has 1 aromatic carbocycles. The van der Waals surface area contributed by atoms with Crippen LogP contribution in [0, 0.1) is 13.8 Å². The molecule has 1 saturated heterocycles. The van der Waals surface area contributed by atoms with Crippen LogP contribution in [0.5, 0.6) is 0 Å². The van der Waals surface area contributed by atoms with Gasteiger partial charge in [-0.3, -0.25) is 0 Å². The number of amides is 1. The van der Waals surface area contributed by atoms with Gasteiger partial charge in [-0.2, -0.15) is 0 Å². The van der Waals surface area contributed by atoms with Gasteiger partial charge >= 0.3 is 6.09 Å². The largest absolute Gasteiger partial charge is 0.444 e. The van der Waals surface area contributed by atoms with Crippen LogP contribution in [0.2, 0.25) is 0 Å². The minimum Gasteiger partial charge on any atom is -0.444 e. The van der Waals surface area contributed by atoms with E-state index in [1.54, 1.807) is 4.90 Å². The molecule has 0 saturated carbocycles. The molecule has 0 radical (unpaired) electrons. The maximum atomic E-state index is 12.1. The number of benzene rings is 1. The Hall–Kier alpha value is -1.91. The van der Waals surface area contributed by atoms with Gasteiger partial charge in [-0.1, -0.05) is 6.07 Å². The van der Waals surface area contributed by atoms with Crippen LogP contribution in [-0.2, 0) is 4.74 Å². The summed E-state index contributed by atoms with van der Waals surface area (Å²) in [5.74, 6) is 0. The summed E-state index contributed by atoms with van der Waals surface area (Å²) in [5.41, 5.74) is 9.93. The Morgan fingerprint density at radius 2 is 1.73 bits per heavy atom. The summed E-state index contributed by atoms with van der Waals surface area (Å²) in [7, 11) is 0. The number of hydrogen-bond acceptors (Lipinski definition) is 4. The first-order chi connectivity index (χ1) is 10.2. The number of anilines is 2. The van der Waals surface area contributed by atoms with Crippen LogP contribution in [-0.4, -0.2) is 42.8 Å². The molecule has 0 unspecified atom stereocenters. The average Bonchev–Trinajstić information content (AvgIpc) is 2.42. The Kier molecular flexibility index (Phi) is 4.54. The fourth-order valence-electron chi connectivity index (χ4n) is 2.78. The van der Waals surface area contributed by atoms with Crippen molar-refractivity contribution in [3.63, 3.8) is 0 Å². The lowest BCUT2D eigenvalue weighted by atomic mass is 10.1. The molecule has 122 valence electrons. The molecule has 2 N–H and O–H groups in total. The van der Waals surface area contributed by atoms with E-state index in [4.69, 9.17) is 10.5 Å². The lowest BCUT2D eigenvalue weighted by Gasteiger charge is -2.38. The molecule has 0 bridgehead atoms. The second kappa shape index (κ2) is 6.07. The van der Waals surface area contributed by atoms with Gasteiger partial charge in [-0.15, -0.1) is 0 Å². The number of carbonyl (C=O) groups is 1. The molecule has 5 heteroatoms. The molecule has 1 aliphatic rings. The smallest absolute Gasteiger partial charge is 0.410 e. The summed E-state index contributed by atoms with van der Waals surface area (Å²) >= 11 is 0. The van der Waals surface area contributed by atoms with Crippen LogP contribution in [0.1, 0.15) is 31.9 Å². The van der Waals surface area contributed by atoms with Gasteiger partial charge < -0.3 is 20.3 Å². The highest BCUT2D eigenvalue weighted by Gasteiger charge is 2.27. The van der Waals surface area contributed by atoms with Crippen LogP contribution in [0.4, 0.5) is 16.2 Å². The summed E-state index contributed by atoms with van der Waals surface area (Å²) in [5, 5.41) is 0. The number of ether oxygens (including phenoxy) is 1. The van der Waals surface area contributed by atoms with Crippen molar-refractivity contribution in [1.82, 2.24) is 4.90 Å². The first-order valence-electron chi connectivity index (χ1n) is 7.77. The quantitative estimate of drug-likeness (QED) is 0.810. The molecule has 1 aromatic rings. The van der Waals surface area contributed by atoms with E-state index >= 15 is 0 Å². The van der Waals surface area contributed by atoms with E-state index in [1.165, 1.54) is 11.3 Å². The van der Waals surface area contributed by atoms with Gasteiger partial charge in [0.2, 0.25) is 0 Å². The fraction of sp³-hybridized carbons (Fsp3) is 0.588. The molecule has 0 aliphatic carbocycles. The SMILES string of the molecule is Cc1ccc(N)c(C)c1N1CCN(C(=O)OC(C)(C)C)CC1. The van der Waals surface area contributed by atoms with E-state index in [0.717, 1.165) is 24.3 Å². The van der Waals surface area contributed by atoms with E-state index in [-0.39, 0.29) is 6.09 Å². The fourth-order valence-corrected chi connectivity index (χ4v) is 2.78. The molecule has 1 heterocycles. The Morgan fingerprint density at radius 3 is 2.27 bits per heavy atom. The second-order valence-electron chi connectivity index (χ2n) is 6.90. The first kappa shape index (κ1) is 16.5. The van der Waals surface area contributed by atoms with Gasteiger partial charge in [0, 0.05) is 37.6 Å². The minimum absolute atomic E-state index is 0.229. The molecular formula is C17H27N3O2. The van der Waals surface area contributed by atoms with Crippen molar-refractivity contribution in [2.24, 2.45) is 0 Å². The number of piperazine rings is 1. The molecule has 2 rings (SSSR count). The summed E-state index contributed by atoms with van der Waals surface area (Å²) < 4.78 is 5.43. The Labute approximate surface area is 133 Å². The van der Waals surface area contributed by atoms with E-state index in [1.807, 2.05) is 26.8 Å². The van der Waals surface area contributed by atoms with Gasteiger partial charge in [0.25, 0.3) is 0 Å². The first-order valence-corrected chi connectivity index (χ1v) is 7.77. The maximum Gasteiger partial charge on any atom is 0.410 e. The molecule has 0 aromatic heterocycles. The predicted octanol–water partition coefficient (Wildman–Crippen LogP) is 2.94. The van der Waals surface area contributed by atoms with E-state index in [0.29, 0.717) is 13.1 Å². The Balaban J connectivity index is 2.04. The molecule has 1 amide bonds. The van der Waals surface area contributed by atoms with Crippen molar-refractivity contribution in [2.45, 2.75) is 40.2 Å². The van der Waals surface area contributed by atoms with Crippen molar-refractivity contribution < 1.29 is 9.53 Å². The minimum atomic E-state index is -0.449. The molecule has 1 fully saturated rings. The highest BCUT2D eigenvalue weighted by molar-refractivity contribution is 5.70. The second-order valence-corrected chi connectivity index (χ2v) is 6.90. The van der Waals surface area contributed by atoms with Gasteiger partial charge in [0.05, 0.1) is 0 Å². The molecule has 0 spiro atoms. The summed E-state index contributed by atoms with van der Waals surface area (Å²) in [6.07, 6.45) is -0.229. The zero-order valence-electron chi connectivity index (χ0n) is 14.3. The normalized spacial score (nSPS) is 15.9. The number of nitrogens with two attached hydrogens (primary N) is 1. The topological polar surface area (TPSA) is 58.8 Å². The lowest BCUT2D eigenvalue weighted by Crippen LogP contribution is -2.50. The van der Waals surface area contributed by atoms with Crippen molar-refractivity contribution in [3.05, 3.63) is 23.3 Å². The summed E-state index contributed by atoms with van der Waals surface area (Å²) in [6.45, 7) is 12.8. The van der Waals surface area contributed by atoms with Crippen molar-refractivity contribution in [1.29, 1.82) is 0 Å². The Bertz CT molecular complexity index is 556. The van der Waals surface area contributed by atoms with Crippen LogP contribution >= 0.6 is 0 Å². The standard InChI is InChI=1S/C17H27N3O2/c1-12-6-7-14(18)13(2)15(12)19-8-10-20(11-9-19)16(21)22-17(3,4)5/h6-7H,8-11,18H2,1-5H3. The molecule has 22 heavy (non-hydrogen) atoms. The zero-order valence-corrected chi connectivity index (χ0v) is 14.3. The number of hydrogen-bond donors (Lipinski definition) is 1. The van der Waals surface area contributed by atoms with E-state index in [9.17, 15) is 4.79 Å². The van der Waals surface area contributed by atoms with E-state index in [2.05, 4.69) is 24.8 Å². The maximum absolute atomic E-state index is 12.1. The summed E-state index contributed by atoms with van der Waals surface area (Å²) in [4.78, 5) is 16.2. The number of rotatable bonds is 1. The third-order valence-electron chi connectivity index (χ3n) is 3.92. The number of carbonyl (C=O) groups excluding carboxylic acids is 1. The van der Waals surface area contributed by atoms with Crippen LogP contribution < -0.4 is 10.6 Å². The third-order valence-corrected chi connectivity index (χ3v) is 3.92. The van der Waals surface area contributed by atoms with Crippen molar-refractivity contribution in [3.8, 4) is 0 Å². The third kappa shape index (κ3) is 3.64. The van der Waals surface area contributed by atoms with Crippen LogP contribution in [0.25, 0.3) is 0 Å². The van der Waals surface area contributed by atoms with Crippen LogP contribution in [0.3, 0.4) is 0 Å². The number of nitrogen functional groups attached to an aromatic ring is 1. The molecule has 5 nitrogen and oxygen atoms in total. The van der Waals surface area contributed by atoms with E-state index < -0.39 is 5.60 Å². The highest BCUT2D eigenvalue weighted by atomic mass is 16.6. The number of nitrogens with zero attached hydrogens (tertiary/aromatic N) is 2. The van der Waals surface area contributed by atoms with Gasteiger partial charge in [0.1, 0.15) is 5.60 Å².